The van der Waals surface area contributed by atoms with Crippen molar-refractivity contribution in [3.05, 3.63) is 35.5 Å². The molecule has 3 nitrogen and oxygen atoms in total. The molecule has 3 rings (SSSR count). The number of hydrogen-bond donors (Lipinski definition) is 3. The molecule has 0 bridgehead atoms. The van der Waals surface area contributed by atoms with Crippen LogP contribution in [0.1, 0.15) is 98.8 Å². The Hall–Kier alpha value is -0.900. The van der Waals surface area contributed by atoms with E-state index in [2.05, 4.69) is 32.6 Å². The predicted molar refractivity (Wildman–Crippen MR) is 129 cm³/mol. The maximum absolute atomic E-state index is 10.6. The van der Waals surface area contributed by atoms with Gasteiger partial charge in [0.2, 0.25) is 0 Å². The molecule has 0 spiro atoms. The number of fused-ring (bicyclic) bond motifs is 1. The van der Waals surface area contributed by atoms with Crippen molar-refractivity contribution in [1.29, 1.82) is 0 Å². The summed E-state index contributed by atoms with van der Waals surface area (Å²) in [4.78, 5) is 0. The summed E-state index contributed by atoms with van der Waals surface area (Å²) in [6.45, 7) is 14.7. The van der Waals surface area contributed by atoms with E-state index < -0.39 is 17.3 Å². The van der Waals surface area contributed by atoms with Gasteiger partial charge in [0.05, 0.1) is 17.3 Å². The van der Waals surface area contributed by atoms with Gasteiger partial charge in [-0.05, 0) is 100 Å². The van der Waals surface area contributed by atoms with Gasteiger partial charge in [0.15, 0.2) is 0 Å². The standard InChI is InChI=1S/C28H46O3/c1-19(9-7-15-26(3,4)30)24-13-14-25-21(10-8-16-27(24,25)5)11-12-22-17-23(29)18-28(6,31)20(22)2/h11-12,19,23-25,29-31H,2,7-10,13-18H2,1,3-6H3/t19-,23+,24+,25-,27+,28+/m0/s1. The van der Waals surface area contributed by atoms with Crippen molar-refractivity contribution >= 4 is 0 Å². The van der Waals surface area contributed by atoms with Crippen molar-refractivity contribution in [3.63, 3.8) is 0 Å². The molecule has 3 heteroatoms. The first-order valence-electron chi connectivity index (χ1n) is 12.6. The highest BCUT2D eigenvalue weighted by atomic mass is 16.3. The Labute approximate surface area is 190 Å². The molecule has 0 aromatic heterocycles. The molecule has 176 valence electrons. The van der Waals surface area contributed by atoms with Gasteiger partial charge in [-0.2, -0.15) is 0 Å². The van der Waals surface area contributed by atoms with Gasteiger partial charge in [-0.25, -0.2) is 0 Å². The zero-order chi connectivity index (χ0) is 23.0. The van der Waals surface area contributed by atoms with Crippen LogP contribution in [0.5, 0.6) is 0 Å². The van der Waals surface area contributed by atoms with E-state index in [1.807, 2.05) is 13.8 Å². The maximum atomic E-state index is 10.6. The van der Waals surface area contributed by atoms with E-state index in [0.29, 0.717) is 30.1 Å². The van der Waals surface area contributed by atoms with Gasteiger partial charge < -0.3 is 15.3 Å². The fraction of sp³-hybridized carbons (Fsp3) is 0.786. The van der Waals surface area contributed by atoms with Crippen LogP contribution < -0.4 is 0 Å². The van der Waals surface area contributed by atoms with Crippen LogP contribution in [-0.4, -0.2) is 32.6 Å². The van der Waals surface area contributed by atoms with Crippen LogP contribution in [0.2, 0.25) is 0 Å². The summed E-state index contributed by atoms with van der Waals surface area (Å²) in [7, 11) is 0. The lowest BCUT2D eigenvalue weighted by Crippen LogP contribution is -2.37. The number of hydrogen-bond acceptors (Lipinski definition) is 3. The molecule has 3 aliphatic rings. The predicted octanol–water partition coefficient (Wildman–Crippen LogP) is 6.09. The molecular formula is C28H46O3. The van der Waals surface area contributed by atoms with Gasteiger partial charge in [0.25, 0.3) is 0 Å². The molecule has 6 atom stereocenters. The monoisotopic (exact) mass is 430 g/mol. The SMILES string of the molecule is C=C1C(=CC=C2CCC[C@]3(C)[C@@H]([C@@H](C)CCCC(C)(C)O)CC[C@@H]23)C[C@@H](O)C[C@@]1(C)O. The minimum atomic E-state index is -1.01. The average molecular weight is 431 g/mol. The quantitative estimate of drug-likeness (QED) is 0.477. The zero-order valence-corrected chi connectivity index (χ0v) is 20.6. The van der Waals surface area contributed by atoms with Crippen molar-refractivity contribution in [1.82, 2.24) is 0 Å². The summed E-state index contributed by atoms with van der Waals surface area (Å²) in [5.74, 6) is 2.09. The molecule has 0 aromatic rings. The fourth-order valence-electron chi connectivity index (χ4n) is 7.03. The van der Waals surface area contributed by atoms with Gasteiger partial charge in [-0.15, -0.1) is 0 Å². The molecule has 0 aliphatic heterocycles. The van der Waals surface area contributed by atoms with E-state index in [4.69, 9.17) is 0 Å². The van der Waals surface area contributed by atoms with Gasteiger partial charge in [-0.1, -0.05) is 51.0 Å². The van der Waals surface area contributed by atoms with Crippen LogP contribution in [0.3, 0.4) is 0 Å². The maximum Gasteiger partial charge on any atom is 0.0890 e. The Morgan fingerprint density at radius 3 is 2.61 bits per heavy atom. The van der Waals surface area contributed by atoms with Crippen LogP contribution in [-0.2, 0) is 0 Å². The third kappa shape index (κ3) is 5.54. The van der Waals surface area contributed by atoms with E-state index in [9.17, 15) is 15.3 Å². The first kappa shape index (κ1) is 24.7. The number of aliphatic hydroxyl groups is 3. The lowest BCUT2D eigenvalue weighted by atomic mass is 9.60. The summed E-state index contributed by atoms with van der Waals surface area (Å²) in [5, 5.41) is 30.8. The molecule has 31 heavy (non-hydrogen) atoms. The van der Waals surface area contributed by atoms with E-state index in [-0.39, 0.29) is 0 Å². The van der Waals surface area contributed by atoms with Gasteiger partial charge in [0.1, 0.15) is 0 Å². The zero-order valence-electron chi connectivity index (χ0n) is 20.6. The Morgan fingerprint density at radius 2 is 1.94 bits per heavy atom. The van der Waals surface area contributed by atoms with Crippen LogP contribution in [0.25, 0.3) is 0 Å². The molecule has 3 aliphatic carbocycles. The fourth-order valence-corrected chi connectivity index (χ4v) is 7.03. The van der Waals surface area contributed by atoms with Crippen molar-refractivity contribution in [2.75, 3.05) is 0 Å². The van der Waals surface area contributed by atoms with Crippen LogP contribution in [0.15, 0.2) is 35.5 Å². The first-order valence-corrected chi connectivity index (χ1v) is 12.6. The number of allylic oxidation sites excluding steroid dienone is 3. The minimum absolute atomic E-state index is 0.366. The highest BCUT2D eigenvalue weighted by Gasteiger charge is 2.50. The molecule has 0 unspecified atom stereocenters. The second-order valence-corrected chi connectivity index (χ2v) is 12.0. The van der Waals surface area contributed by atoms with Crippen LogP contribution >= 0.6 is 0 Å². The topological polar surface area (TPSA) is 60.7 Å². The first-order chi connectivity index (χ1) is 14.3. The third-order valence-corrected chi connectivity index (χ3v) is 8.80. The Morgan fingerprint density at radius 1 is 1.23 bits per heavy atom. The van der Waals surface area contributed by atoms with Gasteiger partial charge in [0, 0.05) is 6.42 Å². The largest absolute Gasteiger partial charge is 0.393 e. The smallest absolute Gasteiger partial charge is 0.0890 e. The summed E-state index contributed by atoms with van der Waals surface area (Å²) in [6, 6.07) is 0. The van der Waals surface area contributed by atoms with E-state index >= 15 is 0 Å². The molecule has 3 N–H and O–H groups in total. The molecule has 0 radical (unpaired) electrons. The second-order valence-electron chi connectivity index (χ2n) is 12.0. The molecule has 0 amide bonds. The number of rotatable bonds is 6. The summed E-state index contributed by atoms with van der Waals surface area (Å²) >= 11 is 0. The summed E-state index contributed by atoms with van der Waals surface area (Å²) in [5.41, 5.74) is 2.11. The highest BCUT2D eigenvalue weighted by molar-refractivity contribution is 5.41. The number of aliphatic hydroxyl groups excluding tert-OH is 1. The van der Waals surface area contributed by atoms with Crippen molar-refractivity contribution < 1.29 is 15.3 Å². The van der Waals surface area contributed by atoms with E-state index in [1.54, 1.807) is 12.5 Å². The molecule has 0 heterocycles. The van der Waals surface area contributed by atoms with E-state index in [0.717, 1.165) is 36.3 Å². The normalized spacial score (nSPS) is 40.4. The Bertz CT molecular complexity index is 723. The van der Waals surface area contributed by atoms with Crippen LogP contribution in [0.4, 0.5) is 0 Å². The lowest BCUT2D eigenvalue weighted by molar-refractivity contribution is 0.0204. The molecule has 0 aromatic carbocycles. The van der Waals surface area contributed by atoms with Crippen molar-refractivity contribution in [2.45, 2.75) is 116 Å². The van der Waals surface area contributed by atoms with Crippen molar-refractivity contribution in [2.24, 2.45) is 23.2 Å². The molecule has 0 saturated heterocycles. The second kappa shape index (κ2) is 9.15. The summed E-state index contributed by atoms with van der Waals surface area (Å²) in [6.07, 6.45) is 14.4. The van der Waals surface area contributed by atoms with Crippen LogP contribution in [0, 0.1) is 23.2 Å². The van der Waals surface area contributed by atoms with Gasteiger partial charge >= 0.3 is 0 Å². The lowest BCUT2D eigenvalue weighted by Gasteiger charge is -2.44. The summed E-state index contributed by atoms with van der Waals surface area (Å²) < 4.78 is 0. The average Bonchev–Trinajstić information content (AvgIpc) is 2.99. The van der Waals surface area contributed by atoms with Gasteiger partial charge in [-0.3, -0.25) is 0 Å². The van der Waals surface area contributed by atoms with Crippen molar-refractivity contribution in [3.8, 4) is 0 Å². The van der Waals surface area contributed by atoms with E-state index in [1.165, 1.54) is 32.1 Å². The molecule has 3 fully saturated rings. The highest BCUT2D eigenvalue weighted by Crippen LogP contribution is 2.60. The minimum Gasteiger partial charge on any atom is -0.393 e. The molecule has 3 saturated carbocycles. The molecular weight excluding hydrogens is 384 g/mol. The Kier molecular flexibility index (Phi) is 7.30. The third-order valence-electron chi connectivity index (χ3n) is 8.80. The Balaban J connectivity index is 1.72.